The maximum Gasteiger partial charge on any atom is 0.269 e. The predicted molar refractivity (Wildman–Crippen MR) is 145 cm³/mol. The Balaban J connectivity index is 1.89. The van der Waals surface area contributed by atoms with E-state index in [0.29, 0.717) is 28.3 Å². The third-order valence-electron chi connectivity index (χ3n) is 5.21. The van der Waals surface area contributed by atoms with Gasteiger partial charge in [-0.05, 0) is 66.2 Å². The van der Waals surface area contributed by atoms with Crippen LogP contribution < -0.4 is 31.4 Å². The summed E-state index contributed by atoms with van der Waals surface area (Å²) in [6, 6.07) is 16.3. The summed E-state index contributed by atoms with van der Waals surface area (Å²) in [4.78, 5) is 25.8. The Hall–Kier alpha value is -5.25. The highest BCUT2D eigenvalue weighted by Crippen LogP contribution is 2.32. The minimum atomic E-state index is -0.974. The molecule has 0 saturated heterocycles. The van der Waals surface area contributed by atoms with Gasteiger partial charge in [-0.15, -0.1) is 0 Å². The van der Waals surface area contributed by atoms with Crippen LogP contribution in [0, 0.1) is 5.41 Å². The number of rotatable bonds is 12. The van der Waals surface area contributed by atoms with Crippen LogP contribution >= 0.6 is 0 Å². The first-order valence-corrected chi connectivity index (χ1v) is 11.5. The summed E-state index contributed by atoms with van der Waals surface area (Å²) in [5.74, 6) is -0.346. The average molecular weight is 516 g/mol. The molecular formula is C28H29N5O5. The average Bonchev–Trinajstić information content (AvgIpc) is 2.93. The van der Waals surface area contributed by atoms with Gasteiger partial charge in [-0.3, -0.25) is 25.8 Å². The highest BCUT2D eigenvalue weighted by molar-refractivity contribution is 5.97. The van der Waals surface area contributed by atoms with E-state index in [1.165, 1.54) is 24.3 Å². The van der Waals surface area contributed by atoms with Gasteiger partial charge < -0.3 is 25.6 Å². The number of nitrogens with one attached hydrogen (secondary N) is 4. The lowest BCUT2D eigenvalue weighted by Gasteiger charge is -2.22. The molecule has 1 atom stereocenters. The van der Waals surface area contributed by atoms with E-state index in [2.05, 4.69) is 29.3 Å². The number of hydrazine groups is 1. The van der Waals surface area contributed by atoms with Gasteiger partial charge in [0.2, 0.25) is 0 Å². The third kappa shape index (κ3) is 7.37. The van der Waals surface area contributed by atoms with Crippen LogP contribution in [0.5, 0.6) is 17.2 Å². The first-order valence-electron chi connectivity index (χ1n) is 11.5. The van der Waals surface area contributed by atoms with Crippen molar-refractivity contribution in [2.24, 2.45) is 5.73 Å². The number of carbonyl (C=O) groups excluding carboxylic acids is 2. The molecule has 0 aliphatic rings. The number of amidine groups is 1. The van der Waals surface area contributed by atoms with E-state index >= 15 is 0 Å². The van der Waals surface area contributed by atoms with Gasteiger partial charge in [0.05, 0.1) is 0 Å². The highest BCUT2D eigenvalue weighted by Gasteiger charge is 2.23. The first kappa shape index (κ1) is 27.3. The maximum absolute atomic E-state index is 13.3. The van der Waals surface area contributed by atoms with Crippen LogP contribution in [-0.4, -0.2) is 36.0 Å². The number of nitrogen functional groups attached to an aromatic ring is 1. The number of anilines is 1. The van der Waals surface area contributed by atoms with Crippen molar-refractivity contribution in [2.45, 2.75) is 6.04 Å². The molecule has 3 aromatic rings. The summed E-state index contributed by atoms with van der Waals surface area (Å²) < 4.78 is 11.4. The van der Waals surface area contributed by atoms with Crippen molar-refractivity contribution in [1.29, 1.82) is 5.41 Å². The minimum Gasteiger partial charge on any atom is -0.508 e. The number of hydrogen-bond acceptors (Lipinski definition) is 7. The molecule has 7 N–H and O–H groups in total. The first-order chi connectivity index (χ1) is 18.3. The van der Waals surface area contributed by atoms with Crippen LogP contribution in [0.25, 0.3) is 0 Å². The van der Waals surface area contributed by atoms with Crippen molar-refractivity contribution in [3.05, 3.63) is 109 Å². The minimum absolute atomic E-state index is 0.0145. The van der Waals surface area contributed by atoms with Gasteiger partial charge >= 0.3 is 0 Å². The van der Waals surface area contributed by atoms with E-state index in [4.69, 9.17) is 20.6 Å². The Bertz CT molecular complexity index is 1310. The lowest BCUT2D eigenvalue weighted by molar-refractivity contribution is -0.122. The number of phenolic OH excluding ortho intramolecular Hbond substituents is 1. The second-order valence-electron chi connectivity index (χ2n) is 7.96. The normalized spacial score (nSPS) is 10.9. The fourth-order valence-electron chi connectivity index (χ4n) is 3.32. The number of phenols is 1. The highest BCUT2D eigenvalue weighted by atomic mass is 16.5. The molecule has 2 amide bonds. The van der Waals surface area contributed by atoms with Crippen LogP contribution in [0.2, 0.25) is 0 Å². The molecule has 0 aromatic heterocycles. The fraction of sp³-hybridized carbons (Fsp3) is 0.107. The largest absolute Gasteiger partial charge is 0.508 e. The number of nitrogens with two attached hydrogens (primary N) is 1. The molecule has 0 aliphatic heterocycles. The van der Waals surface area contributed by atoms with E-state index in [1.54, 1.807) is 54.6 Å². The van der Waals surface area contributed by atoms with E-state index in [1.807, 2.05) is 0 Å². The molecule has 3 aromatic carbocycles. The van der Waals surface area contributed by atoms with Crippen molar-refractivity contribution in [3.8, 4) is 17.2 Å². The number of carbonyl (C=O) groups is 2. The van der Waals surface area contributed by atoms with Crippen molar-refractivity contribution in [3.63, 3.8) is 0 Å². The maximum atomic E-state index is 13.3. The van der Waals surface area contributed by atoms with E-state index < -0.39 is 17.9 Å². The summed E-state index contributed by atoms with van der Waals surface area (Å²) in [5, 5.41) is 20.1. The molecule has 0 fully saturated rings. The quantitative estimate of drug-likeness (QED) is 0.0933. The molecule has 0 heterocycles. The van der Waals surface area contributed by atoms with Gasteiger partial charge in [0, 0.05) is 16.8 Å². The van der Waals surface area contributed by atoms with E-state index in [-0.39, 0.29) is 30.4 Å². The Morgan fingerprint density at radius 2 is 1.50 bits per heavy atom. The van der Waals surface area contributed by atoms with Gasteiger partial charge in [-0.1, -0.05) is 31.4 Å². The van der Waals surface area contributed by atoms with Crippen molar-refractivity contribution < 1.29 is 24.2 Å². The summed E-state index contributed by atoms with van der Waals surface area (Å²) in [5.41, 5.74) is 12.2. The SMILES string of the molecule is C=CCOc1ccc(C(Nc2ccc(C(=N)N)cc2)C(=O)NNC(=O)c2ccc(O)cc2)cc1OCC=C. The number of hydrogen-bond donors (Lipinski definition) is 6. The Kier molecular flexibility index (Phi) is 9.47. The molecule has 0 radical (unpaired) electrons. The summed E-state index contributed by atoms with van der Waals surface area (Å²) in [6.45, 7) is 7.79. The summed E-state index contributed by atoms with van der Waals surface area (Å²) in [6.07, 6.45) is 3.19. The van der Waals surface area contributed by atoms with Gasteiger partial charge in [-0.25, -0.2) is 0 Å². The summed E-state index contributed by atoms with van der Waals surface area (Å²) in [7, 11) is 0. The zero-order chi connectivity index (χ0) is 27.5. The Labute approximate surface area is 220 Å². The second kappa shape index (κ2) is 13.2. The van der Waals surface area contributed by atoms with Crippen molar-refractivity contribution in [2.75, 3.05) is 18.5 Å². The molecule has 0 saturated carbocycles. The number of ether oxygens (including phenoxy) is 2. The number of aromatic hydroxyl groups is 1. The topological polar surface area (TPSA) is 159 Å². The van der Waals surface area contributed by atoms with E-state index in [0.717, 1.165) is 0 Å². The summed E-state index contributed by atoms with van der Waals surface area (Å²) >= 11 is 0. The van der Waals surface area contributed by atoms with Gasteiger partial charge in [0.1, 0.15) is 30.8 Å². The zero-order valence-electron chi connectivity index (χ0n) is 20.6. The van der Waals surface area contributed by atoms with E-state index in [9.17, 15) is 14.7 Å². The molecule has 0 spiro atoms. The monoisotopic (exact) mass is 515 g/mol. The second-order valence-corrected chi connectivity index (χ2v) is 7.96. The van der Waals surface area contributed by atoms with Crippen LogP contribution in [0.15, 0.2) is 92.0 Å². The molecule has 3 rings (SSSR count). The zero-order valence-corrected chi connectivity index (χ0v) is 20.6. The van der Waals surface area contributed by atoms with Gasteiger partial charge in [0.15, 0.2) is 11.5 Å². The molecule has 196 valence electrons. The molecule has 10 nitrogen and oxygen atoms in total. The van der Waals surface area contributed by atoms with Crippen molar-refractivity contribution >= 4 is 23.3 Å². The Morgan fingerprint density at radius 1 is 0.895 bits per heavy atom. The lowest BCUT2D eigenvalue weighted by atomic mass is 10.0. The molecule has 0 bridgehead atoms. The van der Waals surface area contributed by atoms with Crippen LogP contribution in [-0.2, 0) is 4.79 Å². The number of benzene rings is 3. The molecule has 1 unspecified atom stereocenters. The van der Waals surface area contributed by atoms with Crippen LogP contribution in [0.1, 0.15) is 27.5 Å². The fourth-order valence-corrected chi connectivity index (χ4v) is 3.32. The van der Waals surface area contributed by atoms with Gasteiger partial charge in [-0.2, -0.15) is 0 Å². The number of amides is 2. The van der Waals surface area contributed by atoms with Crippen LogP contribution in [0.4, 0.5) is 5.69 Å². The van der Waals surface area contributed by atoms with Gasteiger partial charge in [0.25, 0.3) is 11.8 Å². The molecule has 0 aliphatic carbocycles. The molecule has 10 heteroatoms. The Morgan fingerprint density at radius 3 is 2.11 bits per heavy atom. The third-order valence-corrected chi connectivity index (χ3v) is 5.21. The standard InChI is InChI=1S/C28H29N5O5/c1-3-15-37-23-14-9-20(17-24(23)38-16-4-2)25(31-21-10-5-18(6-11-21)26(29)30)28(36)33-32-27(35)19-7-12-22(34)13-8-19/h3-14,17,25,31,34H,1-2,15-16H2,(H3,29,30)(H,32,35)(H,33,36). The van der Waals surface area contributed by atoms with Crippen LogP contribution in [0.3, 0.4) is 0 Å². The lowest BCUT2D eigenvalue weighted by Crippen LogP contribution is -2.45. The predicted octanol–water partition coefficient (Wildman–Crippen LogP) is 3.42. The molecular weight excluding hydrogens is 486 g/mol. The van der Waals surface area contributed by atoms with Crippen molar-refractivity contribution in [1.82, 2.24) is 10.9 Å². The smallest absolute Gasteiger partial charge is 0.269 e. The molecule has 38 heavy (non-hydrogen) atoms.